The molecule has 2 aromatic heterocycles. The second-order valence-corrected chi connectivity index (χ2v) is 7.89. The predicted octanol–water partition coefficient (Wildman–Crippen LogP) is 2.99. The predicted molar refractivity (Wildman–Crippen MR) is 112 cm³/mol. The molecule has 12 heteroatoms. The van der Waals surface area contributed by atoms with Gasteiger partial charge in [-0.1, -0.05) is 6.07 Å². The summed E-state index contributed by atoms with van der Waals surface area (Å²) in [5, 5.41) is 7.12. The highest BCUT2D eigenvalue weighted by atomic mass is 19.4. The van der Waals surface area contributed by atoms with Gasteiger partial charge < -0.3 is 19.5 Å². The molecule has 1 spiro atoms. The van der Waals surface area contributed by atoms with Gasteiger partial charge in [0.05, 0.1) is 18.4 Å². The number of rotatable bonds is 5. The Morgan fingerprint density at radius 1 is 1.18 bits per heavy atom. The lowest BCUT2D eigenvalue weighted by Gasteiger charge is -2.42. The third kappa shape index (κ3) is 6.62. The number of likely N-dealkylation sites (tertiary alicyclic amines) is 1. The van der Waals surface area contributed by atoms with Gasteiger partial charge in [-0.05, 0) is 37.7 Å². The van der Waals surface area contributed by atoms with Crippen LogP contribution >= 0.6 is 0 Å². The number of nitrogens with zero attached hydrogens (tertiary/aromatic N) is 4. The summed E-state index contributed by atoms with van der Waals surface area (Å²) in [5.41, 5.74) is 0.271. The molecule has 184 valence electrons. The highest BCUT2D eigenvalue weighted by molar-refractivity contribution is 5.92. The number of aliphatic carboxylic acids is 1. The van der Waals surface area contributed by atoms with E-state index < -0.39 is 12.1 Å². The van der Waals surface area contributed by atoms with E-state index in [1.807, 2.05) is 23.1 Å². The Balaban J connectivity index is 0.000000406. The van der Waals surface area contributed by atoms with E-state index in [1.54, 1.807) is 18.6 Å². The van der Waals surface area contributed by atoms with Crippen molar-refractivity contribution in [3.8, 4) is 5.88 Å². The van der Waals surface area contributed by atoms with Crippen LogP contribution in [-0.2, 0) is 9.53 Å². The fourth-order valence-electron chi connectivity index (χ4n) is 4.14. The van der Waals surface area contributed by atoms with E-state index in [9.17, 15) is 18.0 Å². The number of carbonyl (C=O) groups excluding carboxylic acids is 1. The molecule has 1 unspecified atom stereocenters. The van der Waals surface area contributed by atoms with Gasteiger partial charge in [-0.3, -0.25) is 9.78 Å². The molecule has 0 aliphatic carbocycles. The molecular formula is C22H25F3N4O5. The summed E-state index contributed by atoms with van der Waals surface area (Å²) < 4.78 is 43.7. The summed E-state index contributed by atoms with van der Waals surface area (Å²) in [7, 11) is 0. The molecule has 1 amide bonds. The van der Waals surface area contributed by atoms with Gasteiger partial charge in [-0.15, -0.1) is 0 Å². The highest BCUT2D eigenvalue weighted by Crippen LogP contribution is 2.42. The van der Waals surface area contributed by atoms with Crippen molar-refractivity contribution in [3.05, 3.63) is 48.7 Å². The van der Waals surface area contributed by atoms with Crippen molar-refractivity contribution in [2.45, 2.75) is 37.5 Å². The van der Waals surface area contributed by atoms with Crippen LogP contribution in [0, 0.1) is 5.92 Å². The third-order valence-electron chi connectivity index (χ3n) is 5.88. The number of piperidine rings is 1. The maximum Gasteiger partial charge on any atom is 0.490 e. The number of hydrogen-bond acceptors (Lipinski definition) is 7. The van der Waals surface area contributed by atoms with Crippen molar-refractivity contribution in [1.82, 2.24) is 19.9 Å². The van der Waals surface area contributed by atoms with Gasteiger partial charge in [0.1, 0.15) is 5.69 Å². The number of hydrogen-bond donors (Lipinski definition) is 1. The first kappa shape index (κ1) is 25.3. The summed E-state index contributed by atoms with van der Waals surface area (Å²) in [4.78, 5) is 35.6. The molecule has 2 aliphatic rings. The summed E-state index contributed by atoms with van der Waals surface area (Å²) in [6.45, 7) is 2.79. The van der Waals surface area contributed by atoms with Crippen LogP contribution in [-0.4, -0.2) is 74.9 Å². The molecule has 0 radical (unpaired) electrons. The van der Waals surface area contributed by atoms with Gasteiger partial charge >= 0.3 is 12.1 Å². The number of carboxylic acids is 1. The lowest BCUT2D eigenvalue weighted by atomic mass is 9.78. The molecular weight excluding hydrogens is 457 g/mol. The normalized spacial score (nSPS) is 19.3. The highest BCUT2D eigenvalue weighted by Gasteiger charge is 2.46. The largest absolute Gasteiger partial charge is 0.490 e. The van der Waals surface area contributed by atoms with Gasteiger partial charge in [-0.25, -0.2) is 14.8 Å². The van der Waals surface area contributed by atoms with Crippen LogP contribution in [0.25, 0.3) is 0 Å². The molecule has 2 saturated heterocycles. The number of pyridine rings is 1. The molecule has 4 rings (SSSR count). The monoisotopic (exact) mass is 482 g/mol. The lowest BCUT2D eigenvalue weighted by molar-refractivity contribution is -0.192. The molecule has 0 saturated carbocycles. The average Bonchev–Trinajstić information content (AvgIpc) is 3.22. The number of amides is 1. The van der Waals surface area contributed by atoms with Crippen molar-refractivity contribution in [2.75, 3.05) is 26.3 Å². The van der Waals surface area contributed by atoms with Crippen LogP contribution in [0.4, 0.5) is 13.2 Å². The minimum atomic E-state index is -5.08. The second kappa shape index (κ2) is 11.2. The van der Waals surface area contributed by atoms with Crippen molar-refractivity contribution in [2.24, 2.45) is 5.92 Å². The fraction of sp³-hybridized carbons (Fsp3) is 0.500. The Kier molecular flexibility index (Phi) is 8.37. The van der Waals surface area contributed by atoms with Crippen molar-refractivity contribution in [1.29, 1.82) is 0 Å². The Bertz CT molecular complexity index is 939. The number of ether oxygens (including phenoxy) is 2. The molecule has 2 fully saturated rings. The Labute approximate surface area is 193 Å². The number of alkyl halides is 3. The van der Waals surface area contributed by atoms with Crippen LogP contribution in [0.5, 0.6) is 5.88 Å². The Hall–Kier alpha value is -3.28. The zero-order valence-corrected chi connectivity index (χ0v) is 18.3. The van der Waals surface area contributed by atoms with E-state index in [0.717, 1.165) is 32.3 Å². The molecule has 0 aromatic carbocycles. The average molecular weight is 482 g/mol. The quantitative estimate of drug-likeness (QED) is 0.692. The van der Waals surface area contributed by atoms with Crippen molar-refractivity contribution < 1.29 is 37.3 Å². The van der Waals surface area contributed by atoms with Crippen LogP contribution < -0.4 is 4.74 Å². The number of aromatic nitrogens is 3. The van der Waals surface area contributed by atoms with Crippen molar-refractivity contribution >= 4 is 11.9 Å². The lowest BCUT2D eigenvalue weighted by Crippen LogP contribution is -2.49. The molecule has 1 atom stereocenters. The van der Waals surface area contributed by atoms with Gasteiger partial charge in [0.2, 0.25) is 5.88 Å². The molecule has 1 N–H and O–H groups in total. The molecule has 9 nitrogen and oxygen atoms in total. The van der Waals surface area contributed by atoms with Gasteiger partial charge in [0.15, 0.2) is 0 Å². The maximum absolute atomic E-state index is 12.6. The minimum absolute atomic E-state index is 0.0500. The Morgan fingerprint density at radius 3 is 2.50 bits per heavy atom. The maximum atomic E-state index is 12.6. The Morgan fingerprint density at radius 2 is 1.91 bits per heavy atom. The van der Waals surface area contributed by atoms with Gasteiger partial charge in [0, 0.05) is 44.4 Å². The van der Waals surface area contributed by atoms with Crippen molar-refractivity contribution in [3.63, 3.8) is 0 Å². The van der Waals surface area contributed by atoms with E-state index in [2.05, 4.69) is 15.0 Å². The SMILES string of the molecule is O=C(O)C(F)(F)F.O=C(c1cnccn1)N1CCC2(CC1)OCCC2CCOc1ccccn1. The first-order valence-electron chi connectivity index (χ1n) is 10.7. The van der Waals surface area contributed by atoms with E-state index in [1.165, 1.54) is 6.20 Å². The van der Waals surface area contributed by atoms with E-state index in [4.69, 9.17) is 19.4 Å². The molecule has 2 aromatic rings. The number of halogens is 3. The van der Waals surface area contributed by atoms with E-state index >= 15 is 0 Å². The molecule has 2 aliphatic heterocycles. The molecule has 4 heterocycles. The van der Waals surface area contributed by atoms with Crippen LogP contribution in [0.15, 0.2) is 43.0 Å². The first-order chi connectivity index (χ1) is 16.2. The van der Waals surface area contributed by atoms with E-state index in [-0.39, 0.29) is 11.5 Å². The smallest absolute Gasteiger partial charge is 0.478 e. The zero-order chi connectivity index (χ0) is 24.6. The van der Waals surface area contributed by atoms with Gasteiger partial charge in [-0.2, -0.15) is 13.2 Å². The van der Waals surface area contributed by atoms with Crippen LogP contribution in [0.2, 0.25) is 0 Å². The fourth-order valence-corrected chi connectivity index (χ4v) is 4.14. The third-order valence-corrected chi connectivity index (χ3v) is 5.88. The standard InChI is InChI=1S/C20H24N4O3.C2HF3O2/c25-19(17-15-21-9-10-22-17)24-11-6-20(7-12-24)16(5-14-27-20)4-13-26-18-3-1-2-8-23-18;3-2(4,5)1(6)7/h1-3,8-10,15-16H,4-7,11-14H2;(H,6,7). The van der Waals surface area contributed by atoms with Crippen LogP contribution in [0.3, 0.4) is 0 Å². The summed E-state index contributed by atoms with van der Waals surface area (Å²) in [5.74, 6) is -1.69. The first-order valence-corrected chi connectivity index (χ1v) is 10.7. The van der Waals surface area contributed by atoms with Gasteiger partial charge in [0.25, 0.3) is 5.91 Å². The van der Waals surface area contributed by atoms with Crippen LogP contribution in [0.1, 0.15) is 36.2 Å². The topological polar surface area (TPSA) is 115 Å². The zero-order valence-electron chi connectivity index (χ0n) is 18.3. The number of carbonyl (C=O) groups is 2. The molecule has 34 heavy (non-hydrogen) atoms. The summed E-state index contributed by atoms with van der Waals surface area (Å²) in [6.07, 6.45) is 5.00. The number of carboxylic acid groups (broad SMARTS) is 1. The summed E-state index contributed by atoms with van der Waals surface area (Å²) in [6, 6.07) is 5.67. The minimum Gasteiger partial charge on any atom is -0.478 e. The van der Waals surface area contributed by atoms with E-state index in [0.29, 0.717) is 37.2 Å². The molecule has 0 bridgehead atoms. The second-order valence-electron chi connectivity index (χ2n) is 7.89. The summed E-state index contributed by atoms with van der Waals surface area (Å²) >= 11 is 0.